The first kappa shape index (κ1) is 15.1. The van der Waals surface area contributed by atoms with Gasteiger partial charge in [0, 0.05) is 18.8 Å². The standard InChI is InChI=1S/C11H21F3N2S/c1-2-16(6-7-17-11(12,13)14)9-10-4-3-5-15-8-10/h10,15H,2-9H2,1H3. The molecule has 1 unspecified atom stereocenters. The topological polar surface area (TPSA) is 15.3 Å². The molecule has 1 heterocycles. The summed E-state index contributed by atoms with van der Waals surface area (Å²) in [6, 6.07) is 0. The van der Waals surface area contributed by atoms with Gasteiger partial charge < -0.3 is 10.2 Å². The number of nitrogens with one attached hydrogen (secondary N) is 1. The van der Waals surface area contributed by atoms with Crippen molar-refractivity contribution < 1.29 is 13.2 Å². The Labute approximate surface area is 105 Å². The molecule has 2 nitrogen and oxygen atoms in total. The Bertz CT molecular complexity index is 205. The summed E-state index contributed by atoms with van der Waals surface area (Å²) in [4.78, 5) is 2.12. The molecule has 0 amide bonds. The van der Waals surface area contributed by atoms with Crippen molar-refractivity contribution in [3.63, 3.8) is 0 Å². The molecule has 0 saturated carbocycles. The summed E-state index contributed by atoms with van der Waals surface area (Å²) in [5.74, 6) is 0.733. The molecule has 0 aromatic carbocycles. The molecule has 1 saturated heterocycles. The first-order valence-electron chi connectivity index (χ1n) is 6.15. The molecule has 17 heavy (non-hydrogen) atoms. The Morgan fingerprint density at radius 1 is 1.41 bits per heavy atom. The first-order valence-corrected chi connectivity index (χ1v) is 7.13. The smallest absolute Gasteiger partial charge is 0.316 e. The predicted molar refractivity (Wildman–Crippen MR) is 66.2 cm³/mol. The zero-order valence-corrected chi connectivity index (χ0v) is 11.0. The largest absolute Gasteiger partial charge is 0.441 e. The summed E-state index contributed by atoms with van der Waals surface area (Å²) in [5.41, 5.74) is -4.09. The number of piperidine rings is 1. The van der Waals surface area contributed by atoms with E-state index in [0.29, 0.717) is 12.5 Å². The van der Waals surface area contributed by atoms with E-state index in [9.17, 15) is 13.2 Å². The Morgan fingerprint density at radius 2 is 2.18 bits per heavy atom. The van der Waals surface area contributed by atoms with Crippen LogP contribution >= 0.6 is 11.8 Å². The molecule has 0 aliphatic carbocycles. The summed E-state index contributed by atoms with van der Waals surface area (Å²) in [5, 5.41) is 3.33. The molecule has 1 fully saturated rings. The molecular formula is C11H21F3N2S. The third-order valence-electron chi connectivity index (χ3n) is 3.04. The lowest BCUT2D eigenvalue weighted by Crippen LogP contribution is -2.39. The van der Waals surface area contributed by atoms with E-state index in [2.05, 4.69) is 10.2 Å². The lowest BCUT2D eigenvalue weighted by molar-refractivity contribution is -0.0328. The Morgan fingerprint density at radius 3 is 2.71 bits per heavy atom. The van der Waals surface area contributed by atoms with Crippen LogP contribution < -0.4 is 5.32 Å². The Kier molecular flexibility index (Phi) is 6.66. The monoisotopic (exact) mass is 270 g/mol. The van der Waals surface area contributed by atoms with E-state index in [4.69, 9.17) is 0 Å². The maximum atomic E-state index is 12.0. The van der Waals surface area contributed by atoms with Crippen LogP contribution in [0.25, 0.3) is 0 Å². The van der Waals surface area contributed by atoms with E-state index in [1.165, 1.54) is 12.8 Å². The number of hydrogen-bond acceptors (Lipinski definition) is 3. The van der Waals surface area contributed by atoms with Crippen LogP contribution in [0, 0.1) is 5.92 Å². The van der Waals surface area contributed by atoms with Gasteiger partial charge in [-0.15, -0.1) is 0 Å². The highest BCUT2D eigenvalue weighted by Crippen LogP contribution is 2.29. The van der Waals surface area contributed by atoms with E-state index >= 15 is 0 Å². The Balaban J connectivity index is 2.18. The number of rotatable bonds is 6. The van der Waals surface area contributed by atoms with Crippen LogP contribution in [0.1, 0.15) is 19.8 Å². The molecule has 1 rings (SSSR count). The normalized spacial score (nSPS) is 22.1. The summed E-state index contributed by atoms with van der Waals surface area (Å²) in [6.07, 6.45) is 2.37. The molecule has 0 spiro atoms. The third-order valence-corrected chi connectivity index (χ3v) is 3.75. The molecule has 1 N–H and O–H groups in total. The van der Waals surface area contributed by atoms with Gasteiger partial charge in [-0.1, -0.05) is 6.92 Å². The number of halogens is 3. The minimum absolute atomic E-state index is 0.0820. The van der Waals surface area contributed by atoms with Crippen molar-refractivity contribution in [3.8, 4) is 0 Å². The molecular weight excluding hydrogens is 249 g/mol. The zero-order chi connectivity index (χ0) is 12.7. The second kappa shape index (κ2) is 7.48. The quantitative estimate of drug-likeness (QED) is 0.798. The van der Waals surface area contributed by atoms with E-state index < -0.39 is 5.51 Å². The number of hydrogen-bond donors (Lipinski definition) is 1. The summed E-state index contributed by atoms with van der Waals surface area (Å²) < 4.78 is 36.0. The van der Waals surface area contributed by atoms with Crippen LogP contribution in [0.15, 0.2) is 0 Å². The van der Waals surface area contributed by atoms with Crippen LogP contribution in [-0.4, -0.2) is 48.9 Å². The lowest BCUT2D eigenvalue weighted by Gasteiger charge is -2.29. The van der Waals surface area contributed by atoms with Crippen LogP contribution in [0.2, 0.25) is 0 Å². The van der Waals surface area contributed by atoms with Gasteiger partial charge in [-0.2, -0.15) is 13.2 Å². The van der Waals surface area contributed by atoms with E-state index in [1.807, 2.05) is 6.92 Å². The van der Waals surface area contributed by atoms with Gasteiger partial charge in [-0.25, -0.2) is 0 Å². The van der Waals surface area contributed by atoms with Gasteiger partial charge in [-0.05, 0) is 50.2 Å². The number of nitrogens with zero attached hydrogens (tertiary/aromatic N) is 1. The van der Waals surface area contributed by atoms with Gasteiger partial charge in [0.1, 0.15) is 0 Å². The molecule has 1 atom stereocenters. The molecule has 102 valence electrons. The van der Waals surface area contributed by atoms with Crippen molar-refractivity contribution >= 4 is 11.8 Å². The highest BCUT2D eigenvalue weighted by Gasteiger charge is 2.28. The molecule has 1 aliphatic rings. The van der Waals surface area contributed by atoms with Gasteiger partial charge in [0.15, 0.2) is 0 Å². The van der Waals surface area contributed by atoms with Gasteiger partial charge >= 0.3 is 5.51 Å². The molecule has 0 aromatic rings. The van der Waals surface area contributed by atoms with Crippen molar-refractivity contribution in [1.82, 2.24) is 10.2 Å². The minimum atomic E-state index is -4.09. The average molecular weight is 270 g/mol. The Hall–Kier alpha value is 0.0600. The molecule has 0 radical (unpaired) electrons. The van der Waals surface area contributed by atoms with Gasteiger partial charge in [0.05, 0.1) is 0 Å². The summed E-state index contributed by atoms with van der Waals surface area (Å²) in [7, 11) is 0. The van der Waals surface area contributed by atoms with Crippen LogP contribution in [-0.2, 0) is 0 Å². The zero-order valence-electron chi connectivity index (χ0n) is 10.2. The summed E-state index contributed by atoms with van der Waals surface area (Å²) in [6.45, 7) is 6.36. The minimum Gasteiger partial charge on any atom is -0.316 e. The third kappa shape index (κ3) is 7.16. The maximum Gasteiger partial charge on any atom is 0.441 e. The number of thioether (sulfide) groups is 1. The van der Waals surface area contributed by atoms with Gasteiger partial charge in [-0.3, -0.25) is 0 Å². The van der Waals surface area contributed by atoms with Crippen molar-refractivity contribution in [2.75, 3.05) is 38.5 Å². The fraction of sp³-hybridized carbons (Fsp3) is 1.00. The number of alkyl halides is 3. The van der Waals surface area contributed by atoms with Crippen LogP contribution in [0.3, 0.4) is 0 Å². The maximum absolute atomic E-state index is 12.0. The van der Waals surface area contributed by atoms with Crippen molar-refractivity contribution in [2.24, 2.45) is 5.92 Å². The SMILES string of the molecule is CCN(CCSC(F)(F)F)CC1CCCNC1. The van der Waals surface area contributed by atoms with Crippen LogP contribution in [0.5, 0.6) is 0 Å². The fourth-order valence-electron chi connectivity index (χ4n) is 2.11. The highest BCUT2D eigenvalue weighted by molar-refractivity contribution is 8.00. The summed E-state index contributed by atoms with van der Waals surface area (Å²) >= 11 is 0.0820. The molecule has 1 aliphatic heterocycles. The second-order valence-corrected chi connectivity index (χ2v) is 5.56. The van der Waals surface area contributed by atoms with Crippen molar-refractivity contribution in [3.05, 3.63) is 0 Å². The molecule has 0 bridgehead atoms. The molecule has 6 heteroatoms. The van der Waals surface area contributed by atoms with E-state index in [0.717, 1.165) is 26.2 Å². The van der Waals surface area contributed by atoms with E-state index in [1.54, 1.807) is 0 Å². The van der Waals surface area contributed by atoms with Gasteiger partial charge in [0.25, 0.3) is 0 Å². The molecule has 0 aromatic heterocycles. The lowest BCUT2D eigenvalue weighted by atomic mass is 9.99. The van der Waals surface area contributed by atoms with Crippen molar-refractivity contribution in [1.29, 1.82) is 0 Å². The second-order valence-electron chi connectivity index (χ2n) is 4.40. The van der Waals surface area contributed by atoms with Crippen molar-refractivity contribution in [2.45, 2.75) is 25.3 Å². The van der Waals surface area contributed by atoms with Gasteiger partial charge in [0.2, 0.25) is 0 Å². The van der Waals surface area contributed by atoms with Crippen LogP contribution in [0.4, 0.5) is 13.2 Å². The first-order chi connectivity index (χ1) is 8.01. The predicted octanol–water partition coefficient (Wildman–Crippen LogP) is 2.56. The fourth-order valence-corrected chi connectivity index (χ4v) is 2.69. The average Bonchev–Trinajstić information content (AvgIpc) is 2.27. The highest BCUT2D eigenvalue weighted by atomic mass is 32.2. The van der Waals surface area contributed by atoms with E-state index in [-0.39, 0.29) is 17.5 Å².